The van der Waals surface area contributed by atoms with Gasteiger partial charge in [0, 0.05) is 22.4 Å². The van der Waals surface area contributed by atoms with E-state index in [9.17, 15) is 18.9 Å². The Kier molecular flexibility index (Phi) is 3.99. The predicted molar refractivity (Wildman–Crippen MR) is 74.1 cm³/mol. The van der Waals surface area contributed by atoms with Crippen LogP contribution in [0.1, 0.15) is 15.3 Å². The number of nitrogens with one attached hydrogen (secondary N) is 1. The molecule has 106 valence electrons. The zero-order valence-corrected chi connectivity index (χ0v) is 11.7. The number of nitro groups is 1. The second-order valence-corrected chi connectivity index (χ2v) is 5.77. The van der Waals surface area contributed by atoms with Gasteiger partial charge in [-0.25, -0.2) is 8.78 Å². The molecule has 20 heavy (non-hydrogen) atoms. The van der Waals surface area contributed by atoms with Gasteiger partial charge in [0.05, 0.1) is 4.92 Å². The highest BCUT2D eigenvalue weighted by Gasteiger charge is 2.21. The number of anilines is 1. The van der Waals surface area contributed by atoms with Gasteiger partial charge in [-0.1, -0.05) is 0 Å². The van der Waals surface area contributed by atoms with E-state index in [-0.39, 0.29) is 6.54 Å². The molecular weight excluding hydrogens is 286 g/mol. The van der Waals surface area contributed by atoms with Gasteiger partial charge in [-0.2, -0.15) is 0 Å². The standard InChI is InChI=1S/C13H12F2N2O2S/c1-7-5-9(8(2)20-7)6-16-13-11(17(18)19)4-3-10(14)12(13)15/h3-5,16H,6H2,1-2H3. The molecule has 7 heteroatoms. The van der Waals surface area contributed by atoms with Crippen molar-refractivity contribution in [1.29, 1.82) is 0 Å². The lowest BCUT2D eigenvalue weighted by Gasteiger charge is -2.08. The molecule has 2 rings (SSSR count). The second kappa shape index (κ2) is 5.54. The van der Waals surface area contributed by atoms with Gasteiger partial charge < -0.3 is 5.32 Å². The van der Waals surface area contributed by atoms with E-state index in [2.05, 4.69) is 5.32 Å². The zero-order chi connectivity index (χ0) is 14.9. The monoisotopic (exact) mass is 298 g/mol. The lowest BCUT2D eigenvalue weighted by atomic mass is 10.2. The first-order valence-corrected chi connectivity index (χ1v) is 6.64. The third-order valence-corrected chi connectivity index (χ3v) is 3.88. The first kappa shape index (κ1) is 14.4. The number of benzene rings is 1. The fraction of sp³-hybridized carbons (Fsp3) is 0.231. The van der Waals surface area contributed by atoms with Crippen molar-refractivity contribution in [3.05, 3.63) is 55.3 Å². The first-order chi connectivity index (χ1) is 9.40. The van der Waals surface area contributed by atoms with Gasteiger partial charge in [0.25, 0.3) is 5.69 Å². The van der Waals surface area contributed by atoms with Gasteiger partial charge in [-0.05, 0) is 31.5 Å². The van der Waals surface area contributed by atoms with Gasteiger partial charge >= 0.3 is 0 Å². The number of nitro benzene ring substituents is 1. The molecule has 0 bridgehead atoms. The minimum atomic E-state index is -1.23. The maximum atomic E-state index is 13.7. The number of nitrogens with zero attached hydrogens (tertiary/aromatic N) is 1. The molecule has 4 nitrogen and oxygen atoms in total. The van der Waals surface area contributed by atoms with E-state index >= 15 is 0 Å². The normalized spacial score (nSPS) is 10.6. The fourth-order valence-corrected chi connectivity index (χ4v) is 2.85. The molecule has 2 aromatic rings. The summed E-state index contributed by atoms with van der Waals surface area (Å²) in [5.74, 6) is -2.35. The minimum absolute atomic E-state index is 0.206. The second-order valence-electron chi connectivity index (χ2n) is 4.30. The molecule has 1 aromatic carbocycles. The Balaban J connectivity index is 2.31. The van der Waals surface area contributed by atoms with Gasteiger partial charge in [-0.15, -0.1) is 11.3 Å². The molecule has 0 aliphatic carbocycles. The van der Waals surface area contributed by atoms with Crippen LogP contribution in [0.5, 0.6) is 0 Å². The van der Waals surface area contributed by atoms with Crippen LogP contribution in [0, 0.1) is 35.6 Å². The van der Waals surface area contributed by atoms with E-state index in [0.29, 0.717) is 0 Å². The number of halogens is 2. The summed E-state index contributed by atoms with van der Waals surface area (Å²) in [7, 11) is 0. The van der Waals surface area contributed by atoms with Crippen LogP contribution in [0.15, 0.2) is 18.2 Å². The summed E-state index contributed by atoms with van der Waals surface area (Å²) in [6.07, 6.45) is 0. The third-order valence-electron chi connectivity index (χ3n) is 2.87. The third kappa shape index (κ3) is 2.77. The minimum Gasteiger partial charge on any atom is -0.373 e. The van der Waals surface area contributed by atoms with Crippen molar-refractivity contribution in [1.82, 2.24) is 0 Å². The topological polar surface area (TPSA) is 55.2 Å². The quantitative estimate of drug-likeness (QED) is 0.681. The summed E-state index contributed by atoms with van der Waals surface area (Å²) in [4.78, 5) is 12.2. The molecule has 0 aliphatic rings. The Bertz CT molecular complexity index is 671. The predicted octanol–water partition coefficient (Wildman–Crippen LogP) is 4.16. The summed E-state index contributed by atoms with van der Waals surface area (Å²) in [5, 5.41) is 13.5. The SMILES string of the molecule is Cc1cc(CNc2c([N+](=O)[O-])ccc(F)c2F)c(C)s1. The maximum absolute atomic E-state index is 13.7. The number of thiophene rings is 1. The highest BCUT2D eigenvalue weighted by atomic mass is 32.1. The van der Waals surface area contributed by atoms with Crippen molar-refractivity contribution < 1.29 is 13.7 Å². The van der Waals surface area contributed by atoms with Crippen molar-refractivity contribution in [3.63, 3.8) is 0 Å². The Morgan fingerprint density at radius 1 is 1.35 bits per heavy atom. The summed E-state index contributed by atoms with van der Waals surface area (Å²) in [6.45, 7) is 4.05. The fourth-order valence-electron chi connectivity index (χ4n) is 1.90. The average Bonchev–Trinajstić information content (AvgIpc) is 2.69. The summed E-state index contributed by atoms with van der Waals surface area (Å²) in [5.41, 5.74) is 0.0113. The molecule has 0 unspecified atom stereocenters. The molecular formula is C13H12F2N2O2S. The maximum Gasteiger partial charge on any atom is 0.295 e. The lowest BCUT2D eigenvalue weighted by molar-refractivity contribution is -0.384. The Morgan fingerprint density at radius 3 is 2.60 bits per heavy atom. The Labute approximate surface area is 118 Å². The first-order valence-electron chi connectivity index (χ1n) is 5.82. The number of aryl methyl sites for hydroxylation is 2. The molecule has 0 fully saturated rings. The molecule has 1 N–H and O–H groups in total. The summed E-state index contributed by atoms with van der Waals surface area (Å²) in [6, 6.07) is 3.61. The van der Waals surface area contributed by atoms with Crippen molar-refractivity contribution in [2.75, 3.05) is 5.32 Å². The van der Waals surface area contributed by atoms with E-state index in [0.717, 1.165) is 27.5 Å². The highest BCUT2D eigenvalue weighted by Crippen LogP contribution is 2.30. The molecule has 0 atom stereocenters. The molecule has 0 amide bonds. The van der Waals surface area contributed by atoms with Crippen LogP contribution in [0.25, 0.3) is 0 Å². The van der Waals surface area contributed by atoms with Crippen molar-refractivity contribution >= 4 is 22.7 Å². The number of hydrogen-bond donors (Lipinski definition) is 1. The van der Waals surface area contributed by atoms with E-state index in [1.54, 1.807) is 11.3 Å². The zero-order valence-electron chi connectivity index (χ0n) is 10.9. The number of rotatable bonds is 4. The van der Waals surface area contributed by atoms with Crippen LogP contribution in [0.4, 0.5) is 20.2 Å². The molecule has 0 aliphatic heterocycles. The van der Waals surface area contributed by atoms with E-state index in [4.69, 9.17) is 0 Å². The molecule has 0 spiro atoms. The highest BCUT2D eigenvalue weighted by molar-refractivity contribution is 7.12. The largest absolute Gasteiger partial charge is 0.373 e. The van der Waals surface area contributed by atoms with Crippen LogP contribution in [0.3, 0.4) is 0 Å². The lowest BCUT2D eigenvalue weighted by Crippen LogP contribution is -2.06. The van der Waals surface area contributed by atoms with Gasteiger partial charge in [0.1, 0.15) is 0 Å². The van der Waals surface area contributed by atoms with E-state index < -0.39 is 27.9 Å². The van der Waals surface area contributed by atoms with Crippen LogP contribution in [-0.2, 0) is 6.54 Å². The van der Waals surface area contributed by atoms with Crippen LogP contribution in [-0.4, -0.2) is 4.92 Å². The Morgan fingerprint density at radius 2 is 2.05 bits per heavy atom. The van der Waals surface area contributed by atoms with Crippen molar-refractivity contribution in [3.8, 4) is 0 Å². The summed E-state index contributed by atoms with van der Waals surface area (Å²) < 4.78 is 26.9. The van der Waals surface area contributed by atoms with Crippen LogP contribution < -0.4 is 5.32 Å². The number of hydrogen-bond acceptors (Lipinski definition) is 4. The van der Waals surface area contributed by atoms with Gasteiger partial charge in [0.15, 0.2) is 17.3 Å². The van der Waals surface area contributed by atoms with Crippen LogP contribution in [0.2, 0.25) is 0 Å². The molecule has 1 heterocycles. The van der Waals surface area contributed by atoms with Gasteiger partial charge in [0.2, 0.25) is 0 Å². The average molecular weight is 298 g/mol. The van der Waals surface area contributed by atoms with E-state index in [1.165, 1.54) is 0 Å². The van der Waals surface area contributed by atoms with Gasteiger partial charge in [-0.3, -0.25) is 10.1 Å². The molecule has 0 radical (unpaired) electrons. The molecule has 0 saturated carbocycles. The molecule has 1 aromatic heterocycles. The molecule has 0 saturated heterocycles. The van der Waals surface area contributed by atoms with E-state index in [1.807, 2.05) is 19.9 Å². The Hall–Kier alpha value is -2.02. The van der Waals surface area contributed by atoms with Crippen molar-refractivity contribution in [2.24, 2.45) is 0 Å². The summed E-state index contributed by atoms with van der Waals surface area (Å²) >= 11 is 1.58. The smallest absolute Gasteiger partial charge is 0.295 e. The van der Waals surface area contributed by atoms with Crippen molar-refractivity contribution in [2.45, 2.75) is 20.4 Å². The van der Waals surface area contributed by atoms with Crippen LogP contribution >= 0.6 is 11.3 Å².